The van der Waals surface area contributed by atoms with Gasteiger partial charge in [0.1, 0.15) is 11.7 Å². The number of carbonyl (C=O) groups is 1. The number of ether oxygens (including phenoxy) is 1. The number of amides is 1. The molecule has 0 radical (unpaired) electrons. The Labute approximate surface area is 129 Å². The number of hydrogen-bond donors (Lipinski definition) is 2. The van der Waals surface area contributed by atoms with Crippen molar-refractivity contribution >= 4 is 17.2 Å². The van der Waals surface area contributed by atoms with Gasteiger partial charge >= 0.3 is 0 Å². The van der Waals surface area contributed by atoms with Gasteiger partial charge in [-0.15, -0.1) is 11.3 Å². The fourth-order valence-corrected chi connectivity index (χ4v) is 4.27. The minimum Gasteiger partial charge on any atom is -0.380 e. The summed E-state index contributed by atoms with van der Waals surface area (Å²) in [6.45, 7) is 2.66. The van der Waals surface area contributed by atoms with Crippen molar-refractivity contribution in [2.45, 2.75) is 63.2 Å². The van der Waals surface area contributed by atoms with Crippen LogP contribution in [0.5, 0.6) is 0 Å². The summed E-state index contributed by atoms with van der Waals surface area (Å²) in [5.41, 5.74) is 0.00763. The molecule has 0 saturated heterocycles. The molecule has 4 nitrogen and oxygen atoms in total. The maximum atomic E-state index is 12.4. The van der Waals surface area contributed by atoms with E-state index in [0.29, 0.717) is 19.4 Å². The van der Waals surface area contributed by atoms with E-state index in [1.54, 1.807) is 11.3 Å². The highest BCUT2D eigenvalue weighted by Gasteiger charge is 2.39. The first kappa shape index (κ1) is 15.0. The summed E-state index contributed by atoms with van der Waals surface area (Å²) in [5.74, 6) is -0.236. The van der Waals surface area contributed by atoms with Gasteiger partial charge in [0.05, 0.1) is 12.6 Å². The summed E-state index contributed by atoms with van der Waals surface area (Å²) in [7, 11) is 0. The number of hydrogen-bond acceptors (Lipinski definition) is 4. The fourth-order valence-electron chi connectivity index (χ4n) is 3.37. The molecule has 0 bridgehead atoms. The molecule has 1 fully saturated rings. The van der Waals surface area contributed by atoms with Crippen molar-refractivity contribution in [1.29, 1.82) is 0 Å². The monoisotopic (exact) mass is 309 g/mol. The molecule has 1 aliphatic heterocycles. The van der Waals surface area contributed by atoms with Crippen LogP contribution in [0.3, 0.4) is 0 Å². The van der Waals surface area contributed by atoms with E-state index in [1.165, 1.54) is 10.4 Å². The van der Waals surface area contributed by atoms with Crippen molar-refractivity contribution in [1.82, 2.24) is 5.32 Å². The van der Waals surface area contributed by atoms with E-state index in [4.69, 9.17) is 4.74 Å². The average molecular weight is 309 g/mol. The van der Waals surface area contributed by atoms with E-state index in [2.05, 4.69) is 16.8 Å². The van der Waals surface area contributed by atoms with Gasteiger partial charge in [0.25, 0.3) is 5.91 Å². The van der Waals surface area contributed by atoms with Gasteiger partial charge in [-0.1, -0.05) is 19.3 Å². The van der Waals surface area contributed by atoms with Crippen LogP contribution >= 0.6 is 11.3 Å². The molecule has 2 heterocycles. The minimum absolute atomic E-state index is 0.101. The molecule has 2 aliphatic rings. The van der Waals surface area contributed by atoms with Crippen molar-refractivity contribution < 1.29 is 14.6 Å². The van der Waals surface area contributed by atoms with Crippen LogP contribution in [0.1, 0.15) is 55.6 Å². The van der Waals surface area contributed by atoms with E-state index in [1.807, 2.05) is 6.92 Å². The molecule has 1 aromatic rings. The van der Waals surface area contributed by atoms with Crippen LogP contribution in [0.25, 0.3) is 0 Å². The van der Waals surface area contributed by atoms with Crippen LogP contribution in [0.15, 0.2) is 11.4 Å². The van der Waals surface area contributed by atoms with Crippen LogP contribution < -0.4 is 5.32 Å². The van der Waals surface area contributed by atoms with Crippen LogP contribution in [0, 0.1) is 0 Å². The largest absolute Gasteiger partial charge is 0.380 e. The molecule has 1 saturated carbocycles. The second-order valence-corrected chi connectivity index (χ2v) is 7.20. The lowest BCUT2D eigenvalue weighted by atomic mass is 9.84. The Morgan fingerprint density at radius 1 is 1.48 bits per heavy atom. The molecule has 2 unspecified atom stereocenters. The van der Waals surface area contributed by atoms with Gasteiger partial charge in [-0.3, -0.25) is 4.79 Å². The third-order valence-electron chi connectivity index (χ3n) is 4.63. The van der Waals surface area contributed by atoms with Crippen LogP contribution in [-0.2, 0) is 16.0 Å². The molecule has 21 heavy (non-hydrogen) atoms. The van der Waals surface area contributed by atoms with Gasteiger partial charge in [0.2, 0.25) is 0 Å². The summed E-state index contributed by atoms with van der Waals surface area (Å²) in [5, 5.41) is 15.6. The molecule has 0 aromatic carbocycles. The number of fused-ring (bicyclic) bond motifs is 1. The van der Waals surface area contributed by atoms with Crippen LogP contribution in [0.4, 0.5) is 0 Å². The quantitative estimate of drug-likeness (QED) is 0.902. The predicted molar refractivity (Wildman–Crippen MR) is 82.4 cm³/mol. The number of carbonyl (C=O) groups excluding carboxylic acids is 1. The zero-order valence-electron chi connectivity index (χ0n) is 12.4. The first-order chi connectivity index (χ1) is 10.1. The summed E-state index contributed by atoms with van der Waals surface area (Å²) in [6.07, 6.45) is 4.95. The third-order valence-corrected chi connectivity index (χ3v) is 5.63. The molecule has 116 valence electrons. The highest BCUT2D eigenvalue weighted by Crippen LogP contribution is 2.34. The van der Waals surface area contributed by atoms with E-state index in [-0.39, 0.29) is 18.1 Å². The number of nitrogens with one attached hydrogen (secondary N) is 1. The Kier molecular flexibility index (Phi) is 4.33. The normalized spacial score (nSPS) is 25.9. The van der Waals surface area contributed by atoms with Gasteiger partial charge in [-0.2, -0.15) is 0 Å². The molecule has 1 amide bonds. The van der Waals surface area contributed by atoms with Crippen LogP contribution in [-0.4, -0.2) is 29.3 Å². The Morgan fingerprint density at radius 2 is 2.24 bits per heavy atom. The first-order valence-electron chi connectivity index (χ1n) is 7.81. The van der Waals surface area contributed by atoms with Gasteiger partial charge in [0.15, 0.2) is 0 Å². The van der Waals surface area contributed by atoms with Gasteiger partial charge in [-0.05, 0) is 36.8 Å². The molecule has 1 aromatic heterocycles. The number of thiophene rings is 1. The fraction of sp³-hybridized carbons (Fsp3) is 0.688. The van der Waals surface area contributed by atoms with Crippen molar-refractivity contribution in [3.05, 3.63) is 21.9 Å². The van der Waals surface area contributed by atoms with Gasteiger partial charge in [0, 0.05) is 11.3 Å². The molecule has 0 spiro atoms. The Hall–Kier alpha value is -0.910. The second kappa shape index (κ2) is 6.07. The van der Waals surface area contributed by atoms with E-state index >= 15 is 0 Å². The topological polar surface area (TPSA) is 58.6 Å². The molecule has 5 heteroatoms. The molecule has 3 rings (SSSR count). The van der Waals surface area contributed by atoms with Crippen molar-refractivity contribution in [2.24, 2.45) is 0 Å². The lowest BCUT2D eigenvalue weighted by Crippen LogP contribution is -2.52. The standard InChI is InChI=1S/C16H23NO3S/c1-11(14-12-6-10-21-13(12)5-9-20-14)17-15(18)16(19)7-3-2-4-8-16/h6,10-11,14,19H,2-5,7-9H2,1H3,(H,17,18). The maximum Gasteiger partial charge on any atom is 0.252 e. The smallest absolute Gasteiger partial charge is 0.252 e. The zero-order chi connectivity index (χ0) is 14.9. The first-order valence-corrected chi connectivity index (χ1v) is 8.69. The Morgan fingerprint density at radius 3 is 3.00 bits per heavy atom. The molecule has 1 aliphatic carbocycles. The Balaban J connectivity index is 1.67. The van der Waals surface area contributed by atoms with Crippen LogP contribution in [0.2, 0.25) is 0 Å². The van der Waals surface area contributed by atoms with E-state index in [9.17, 15) is 9.90 Å². The SMILES string of the molecule is CC(NC(=O)C1(O)CCCCC1)C1OCCc2sccc21. The summed E-state index contributed by atoms with van der Waals surface area (Å²) in [4.78, 5) is 13.8. The summed E-state index contributed by atoms with van der Waals surface area (Å²) in [6, 6.07) is 1.96. The lowest BCUT2D eigenvalue weighted by molar-refractivity contribution is -0.145. The molecule has 2 N–H and O–H groups in total. The van der Waals surface area contributed by atoms with E-state index in [0.717, 1.165) is 25.7 Å². The van der Waals surface area contributed by atoms with Crippen molar-refractivity contribution in [3.63, 3.8) is 0 Å². The Bertz CT molecular complexity index is 507. The molecular weight excluding hydrogens is 286 g/mol. The van der Waals surface area contributed by atoms with Gasteiger partial charge < -0.3 is 15.2 Å². The summed E-state index contributed by atoms with van der Waals surface area (Å²) < 4.78 is 5.86. The number of aliphatic hydroxyl groups is 1. The maximum absolute atomic E-state index is 12.4. The summed E-state index contributed by atoms with van der Waals surface area (Å²) >= 11 is 1.75. The van der Waals surface area contributed by atoms with Gasteiger partial charge in [-0.25, -0.2) is 0 Å². The van der Waals surface area contributed by atoms with E-state index < -0.39 is 5.60 Å². The van der Waals surface area contributed by atoms with Crippen molar-refractivity contribution in [3.8, 4) is 0 Å². The minimum atomic E-state index is -1.18. The molecular formula is C16H23NO3S. The second-order valence-electron chi connectivity index (χ2n) is 6.19. The third kappa shape index (κ3) is 3.00. The number of rotatable bonds is 3. The molecule has 2 atom stereocenters. The lowest BCUT2D eigenvalue weighted by Gasteiger charge is -2.34. The predicted octanol–water partition coefficient (Wildman–Crippen LogP) is 2.56. The highest BCUT2D eigenvalue weighted by molar-refractivity contribution is 7.10. The highest BCUT2D eigenvalue weighted by atomic mass is 32.1. The van der Waals surface area contributed by atoms with Crippen molar-refractivity contribution in [2.75, 3.05) is 6.61 Å². The zero-order valence-corrected chi connectivity index (χ0v) is 13.2. The average Bonchev–Trinajstić information content (AvgIpc) is 2.96.